The Balaban J connectivity index is 1.26. The molecule has 0 aromatic carbocycles. The van der Waals surface area contributed by atoms with Gasteiger partial charge in [-0.2, -0.15) is 0 Å². The lowest BCUT2D eigenvalue weighted by molar-refractivity contribution is -0.117. The van der Waals surface area contributed by atoms with Crippen molar-refractivity contribution in [3.05, 3.63) is 11.1 Å². The number of carbonyl (C=O) groups is 1. The first kappa shape index (κ1) is 15.6. The minimum atomic E-state index is 0.168. The molecule has 23 heavy (non-hydrogen) atoms. The smallest absolute Gasteiger partial charge is 0.226 e. The van der Waals surface area contributed by atoms with Crippen LogP contribution in [-0.4, -0.2) is 28.9 Å². The number of amides is 1. The van der Waals surface area contributed by atoms with Crippen LogP contribution in [0.25, 0.3) is 0 Å². The molecule has 4 rings (SSSR count). The van der Waals surface area contributed by atoms with Gasteiger partial charge in [0.15, 0.2) is 5.13 Å². The number of thiazole rings is 1. The largest absolute Gasteiger partial charge is 0.302 e. The van der Waals surface area contributed by atoms with Crippen LogP contribution >= 0.6 is 11.3 Å². The Morgan fingerprint density at radius 1 is 1.26 bits per heavy atom. The summed E-state index contributed by atoms with van der Waals surface area (Å²) in [6.07, 6.45) is 10.1. The monoisotopic (exact) mass is 333 g/mol. The lowest BCUT2D eigenvalue weighted by atomic mass is 9.86. The summed E-state index contributed by atoms with van der Waals surface area (Å²) in [5.74, 6) is 2.52. The van der Waals surface area contributed by atoms with Crippen LogP contribution in [0.1, 0.15) is 57.1 Å². The van der Waals surface area contributed by atoms with Crippen LogP contribution in [-0.2, 0) is 11.3 Å². The molecule has 1 saturated heterocycles. The van der Waals surface area contributed by atoms with Crippen molar-refractivity contribution in [2.45, 2.75) is 57.9 Å². The van der Waals surface area contributed by atoms with E-state index < -0.39 is 0 Å². The predicted molar refractivity (Wildman–Crippen MR) is 93.4 cm³/mol. The van der Waals surface area contributed by atoms with Crippen LogP contribution in [0.4, 0.5) is 5.13 Å². The third kappa shape index (κ3) is 3.77. The average molecular weight is 334 g/mol. The van der Waals surface area contributed by atoms with Crippen molar-refractivity contribution >= 4 is 22.4 Å². The normalized spacial score (nSPS) is 30.7. The molecular formula is C18H27N3OS. The first-order valence-electron chi connectivity index (χ1n) is 9.23. The summed E-state index contributed by atoms with van der Waals surface area (Å²) in [5, 5.41) is 5.92. The van der Waals surface area contributed by atoms with Gasteiger partial charge in [-0.15, -0.1) is 11.3 Å². The highest BCUT2D eigenvalue weighted by Crippen LogP contribution is 2.49. The van der Waals surface area contributed by atoms with Crippen LogP contribution in [0.5, 0.6) is 0 Å². The van der Waals surface area contributed by atoms with Gasteiger partial charge in [-0.3, -0.25) is 9.69 Å². The van der Waals surface area contributed by atoms with E-state index >= 15 is 0 Å². The van der Waals surface area contributed by atoms with Crippen LogP contribution in [0.15, 0.2) is 5.38 Å². The Morgan fingerprint density at radius 2 is 2.13 bits per heavy atom. The average Bonchev–Trinajstić information content (AvgIpc) is 3.26. The van der Waals surface area contributed by atoms with Gasteiger partial charge < -0.3 is 5.32 Å². The van der Waals surface area contributed by atoms with Crippen LogP contribution in [0.3, 0.4) is 0 Å². The fourth-order valence-corrected chi connectivity index (χ4v) is 5.54. The molecule has 3 aliphatic rings. The van der Waals surface area contributed by atoms with Crippen molar-refractivity contribution in [1.82, 2.24) is 9.88 Å². The van der Waals surface area contributed by atoms with E-state index in [1.165, 1.54) is 58.0 Å². The third-order valence-corrected chi connectivity index (χ3v) is 6.77. The fourth-order valence-electron chi connectivity index (χ4n) is 4.82. The summed E-state index contributed by atoms with van der Waals surface area (Å²) in [5.41, 5.74) is 1.10. The number of nitrogens with zero attached hydrogens (tertiary/aromatic N) is 2. The summed E-state index contributed by atoms with van der Waals surface area (Å²) in [6, 6.07) is 0. The van der Waals surface area contributed by atoms with Gasteiger partial charge in [0.2, 0.25) is 5.91 Å². The second kappa shape index (κ2) is 6.89. The standard InChI is InChI=1S/C18H27N3OS/c22-17(10-15-9-13-4-5-14(15)8-13)20-18-19-16(12-23-18)11-21-6-2-1-3-7-21/h12-15H,1-11H2,(H,19,20,22)/t13-,14-,15-/m0/s1. The van der Waals surface area contributed by atoms with Crippen molar-refractivity contribution in [2.24, 2.45) is 17.8 Å². The van der Waals surface area contributed by atoms with Gasteiger partial charge in [0.1, 0.15) is 0 Å². The molecule has 0 radical (unpaired) electrons. The van der Waals surface area contributed by atoms with Gasteiger partial charge in [0, 0.05) is 18.3 Å². The zero-order valence-electron chi connectivity index (χ0n) is 13.8. The number of anilines is 1. The molecule has 0 unspecified atom stereocenters. The lowest BCUT2D eigenvalue weighted by Gasteiger charge is -2.25. The fraction of sp³-hybridized carbons (Fsp3) is 0.778. The Hall–Kier alpha value is -0.940. The molecular weight excluding hydrogens is 306 g/mol. The summed E-state index contributed by atoms with van der Waals surface area (Å²) in [7, 11) is 0. The minimum absolute atomic E-state index is 0.168. The molecule has 1 aromatic rings. The highest BCUT2D eigenvalue weighted by Gasteiger charge is 2.40. The maximum absolute atomic E-state index is 12.3. The van der Waals surface area contributed by atoms with E-state index in [-0.39, 0.29) is 5.91 Å². The highest BCUT2D eigenvalue weighted by atomic mass is 32.1. The van der Waals surface area contributed by atoms with Crippen molar-refractivity contribution in [3.8, 4) is 0 Å². The van der Waals surface area contributed by atoms with Crippen molar-refractivity contribution in [2.75, 3.05) is 18.4 Å². The Morgan fingerprint density at radius 3 is 2.87 bits per heavy atom. The second-order valence-electron chi connectivity index (χ2n) is 7.67. The Bertz CT molecular complexity index is 552. The lowest BCUT2D eigenvalue weighted by Crippen LogP contribution is -2.29. The van der Waals surface area contributed by atoms with E-state index in [4.69, 9.17) is 0 Å². The molecule has 5 heteroatoms. The number of aromatic nitrogens is 1. The van der Waals surface area contributed by atoms with Gasteiger partial charge >= 0.3 is 0 Å². The number of rotatable bonds is 5. The molecule has 2 heterocycles. The van der Waals surface area contributed by atoms with Gasteiger partial charge in [-0.05, 0) is 62.9 Å². The summed E-state index contributed by atoms with van der Waals surface area (Å²) in [6.45, 7) is 3.30. The molecule has 1 aromatic heterocycles. The molecule has 3 fully saturated rings. The first-order valence-corrected chi connectivity index (χ1v) is 10.1. The van der Waals surface area contributed by atoms with Crippen molar-refractivity contribution in [1.29, 1.82) is 0 Å². The summed E-state index contributed by atoms with van der Waals surface area (Å²) < 4.78 is 0. The van der Waals surface area contributed by atoms with E-state index in [1.54, 1.807) is 11.3 Å². The first-order chi connectivity index (χ1) is 11.3. The SMILES string of the molecule is O=C(C[C@@H]1C[C@H]2CC[C@H]1C2)Nc1nc(CN2CCCCC2)cs1. The van der Waals surface area contributed by atoms with E-state index in [1.807, 2.05) is 0 Å². The minimum Gasteiger partial charge on any atom is -0.302 e. The summed E-state index contributed by atoms with van der Waals surface area (Å²) in [4.78, 5) is 19.4. The zero-order valence-corrected chi connectivity index (χ0v) is 14.6. The molecule has 0 spiro atoms. The van der Waals surface area contributed by atoms with Crippen molar-refractivity contribution in [3.63, 3.8) is 0 Å². The second-order valence-corrected chi connectivity index (χ2v) is 8.53. The molecule has 4 nitrogen and oxygen atoms in total. The highest BCUT2D eigenvalue weighted by molar-refractivity contribution is 7.13. The summed E-state index contributed by atoms with van der Waals surface area (Å²) >= 11 is 1.57. The molecule has 2 bridgehead atoms. The van der Waals surface area contributed by atoms with Gasteiger partial charge in [0.05, 0.1) is 5.69 Å². The zero-order chi connectivity index (χ0) is 15.6. The van der Waals surface area contributed by atoms with Crippen molar-refractivity contribution < 1.29 is 4.79 Å². The quantitative estimate of drug-likeness (QED) is 0.889. The molecule has 2 aliphatic carbocycles. The number of fused-ring (bicyclic) bond motifs is 2. The maximum atomic E-state index is 12.3. The third-order valence-electron chi connectivity index (χ3n) is 5.96. The number of hydrogen-bond donors (Lipinski definition) is 1. The molecule has 1 amide bonds. The maximum Gasteiger partial charge on any atom is 0.226 e. The van der Waals surface area contributed by atoms with E-state index in [2.05, 4.69) is 20.6 Å². The molecule has 1 N–H and O–H groups in total. The predicted octanol–water partition coefficient (Wildman–Crippen LogP) is 3.89. The Kier molecular flexibility index (Phi) is 4.67. The molecule has 1 aliphatic heterocycles. The van der Waals surface area contributed by atoms with Gasteiger partial charge in [0.25, 0.3) is 0 Å². The van der Waals surface area contributed by atoms with E-state index in [0.717, 1.165) is 29.2 Å². The van der Waals surface area contributed by atoms with E-state index in [9.17, 15) is 4.79 Å². The van der Waals surface area contributed by atoms with Crippen LogP contribution < -0.4 is 5.32 Å². The topological polar surface area (TPSA) is 45.2 Å². The molecule has 3 atom stereocenters. The number of likely N-dealkylation sites (tertiary alicyclic amines) is 1. The number of hydrogen-bond acceptors (Lipinski definition) is 4. The number of carbonyl (C=O) groups excluding carboxylic acids is 1. The Labute approximate surface area is 142 Å². The van der Waals surface area contributed by atoms with Gasteiger partial charge in [-0.1, -0.05) is 12.8 Å². The number of nitrogens with one attached hydrogen (secondary N) is 1. The molecule has 2 saturated carbocycles. The van der Waals surface area contributed by atoms with E-state index in [0.29, 0.717) is 12.3 Å². The van der Waals surface area contributed by atoms with Gasteiger partial charge in [-0.25, -0.2) is 4.98 Å². The van der Waals surface area contributed by atoms with Crippen LogP contribution in [0, 0.1) is 17.8 Å². The number of piperidine rings is 1. The van der Waals surface area contributed by atoms with Crippen LogP contribution in [0.2, 0.25) is 0 Å². The molecule has 126 valence electrons.